The monoisotopic (exact) mass is 537 g/mol. The van der Waals surface area contributed by atoms with Crippen molar-refractivity contribution in [2.75, 3.05) is 11.9 Å². The number of amides is 3. The van der Waals surface area contributed by atoms with Crippen molar-refractivity contribution in [1.82, 2.24) is 10.2 Å². The zero-order valence-electron chi connectivity index (χ0n) is 25.0. The number of rotatable bonds is 12. The molecular formula is C32H47N3O4. The second-order valence-electron chi connectivity index (χ2n) is 11.5. The molecule has 2 rings (SSSR count). The van der Waals surface area contributed by atoms with Crippen LogP contribution in [0.1, 0.15) is 90.0 Å². The van der Waals surface area contributed by atoms with Gasteiger partial charge in [-0.1, -0.05) is 82.5 Å². The van der Waals surface area contributed by atoms with Crippen LogP contribution in [0.25, 0.3) is 0 Å². The minimum atomic E-state index is -0.874. The van der Waals surface area contributed by atoms with Crippen LogP contribution in [0.5, 0.6) is 0 Å². The summed E-state index contributed by atoms with van der Waals surface area (Å²) < 4.78 is 5.47. The number of para-hydroxylation sites is 1. The third-order valence-corrected chi connectivity index (χ3v) is 6.59. The van der Waals surface area contributed by atoms with Gasteiger partial charge in [-0.15, -0.1) is 0 Å². The largest absolute Gasteiger partial charge is 0.444 e. The quantitative estimate of drug-likeness (QED) is 0.287. The summed E-state index contributed by atoms with van der Waals surface area (Å²) >= 11 is 0. The average molecular weight is 538 g/mol. The van der Waals surface area contributed by atoms with E-state index in [9.17, 15) is 14.4 Å². The molecule has 0 aromatic heterocycles. The molecule has 0 aliphatic rings. The smallest absolute Gasteiger partial charge is 0.408 e. The lowest BCUT2D eigenvalue weighted by Crippen LogP contribution is -2.54. The van der Waals surface area contributed by atoms with Crippen LogP contribution in [-0.2, 0) is 14.3 Å². The molecule has 7 nitrogen and oxygen atoms in total. The summed E-state index contributed by atoms with van der Waals surface area (Å²) in [6.07, 6.45) is 3.12. The van der Waals surface area contributed by atoms with E-state index in [-0.39, 0.29) is 17.7 Å². The summed E-state index contributed by atoms with van der Waals surface area (Å²) in [5.41, 5.74) is 2.60. The van der Waals surface area contributed by atoms with Crippen LogP contribution in [0.3, 0.4) is 0 Å². The lowest BCUT2D eigenvalue weighted by Gasteiger charge is -2.36. The highest BCUT2D eigenvalue weighted by atomic mass is 16.6. The molecule has 0 spiro atoms. The van der Waals surface area contributed by atoms with Crippen molar-refractivity contribution in [2.45, 2.75) is 98.8 Å². The van der Waals surface area contributed by atoms with Crippen LogP contribution in [0.15, 0.2) is 48.5 Å². The number of carbonyl (C=O) groups excluding carboxylic acids is 3. The van der Waals surface area contributed by atoms with Crippen LogP contribution in [0, 0.1) is 19.8 Å². The maximum absolute atomic E-state index is 14.3. The molecule has 0 saturated heterocycles. The highest BCUT2D eigenvalue weighted by Crippen LogP contribution is 2.29. The maximum Gasteiger partial charge on any atom is 0.408 e. The van der Waals surface area contributed by atoms with Crippen molar-refractivity contribution in [2.24, 2.45) is 5.92 Å². The number of nitrogens with zero attached hydrogens (tertiary/aromatic N) is 1. The van der Waals surface area contributed by atoms with Gasteiger partial charge in [-0.2, -0.15) is 0 Å². The van der Waals surface area contributed by atoms with Crippen LogP contribution >= 0.6 is 0 Å². The fraction of sp³-hybridized carbons (Fsp3) is 0.531. The predicted molar refractivity (Wildman–Crippen MR) is 158 cm³/mol. The summed E-state index contributed by atoms with van der Waals surface area (Å²) in [7, 11) is 0. The molecule has 0 radical (unpaired) electrons. The zero-order valence-corrected chi connectivity index (χ0v) is 25.0. The van der Waals surface area contributed by atoms with E-state index < -0.39 is 23.8 Å². The number of alkyl carbamates (subject to hydrolysis) is 1. The third-order valence-electron chi connectivity index (χ3n) is 6.59. The van der Waals surface area contributed by atoms with Crippen molar-refractivity contribution in [3.63, 3.8) is 0 Å². The second-order valence-corrected chi connectivity index (χ2v) is 11.5. The Morgan fingerprint density at radius 1 is 0.897 bits per heavy atom. The van der Waals surface area contributed by atoms with Crippen molar-refractivity contribution in [3.8, 4) is 0 Å². The minimum Gasteiger partial charge on any atom is -0.444 e. The molecule has 0 saturated carbocycles. The lowest BCUT2D eigenvalue weighted by atomic mass is 9.95. The number of hydrogen-bond acceptors (Lipinski definition) is 4. The lowest BCUT2D eigenvalue weighted by molar-refractivity contribution is -0.141. The molecular weight excluding hydrogens is 490 g/mol. The van der Waals surface area contributed by atoms with Gasteiger partial charge in [0.15, 0.2) is 0 Å². The molecule has 2 unspecified atom stereocenters. The number of ether oxygens (including phenoxy) is 1. The highest BCUT2D eigenvalue weighted by molar-refractivity contribution is 5.99. The summed E-state index contributed by atoms with van der Waals surface area (Å²) in [4.78, 5) is 42.7. The van der Waals surface area contributed by atoms with Gasteiger partial charge in [-0.3, -0.25) is 9.59 Å². The molecule has 39 heavy (non-hydrogen) atoms. The number of anilines is 1. The van der Waals surface area contributed by atoms with Gasteiger partial charge in [0.05, 0.1) is 0 Å². The summed E-state index contributed by atoms with van der Waals surface area (Å²) in [5.74, 6) is -0.817. The number of aryl methyl sites for hydroxylation is 2. The number of benzene rings is 2. The molecule has 2 atom stereocenters. The standard InChI is InChI=1S/C32H47N3O4/c1-9-10-11-16-21-35(30(37)27(22(2)3)34-31(38)39-32(6,7)8)28(25-19-14-12-17-23(25)4)29(36)33-26-20-15-13-18-24(26)5/h12-15,17-20,22,27-28H,9-11,16,21H2,1-8H3,(H,33,36)(H,34,38). The van der Waals surface area contributed by atoms with Crippen LogP contribution in [0.2, 0.25) is 0 Å². The Morgan fingerprint density at radius 3 is 2.08 bits per heavy atom. The van der Waals surface area contributed by atoms with Crippen molar-refractivity contribution in [3.05, 3.63) is 65.2 Å². The Hall–Kier alpha value is -3.35. The first-order chi connectivity index (χ1) is 18.4. The van der Waals surface area contributed by atoms with E-state index in [1.165, 1.54) is 0 Å². The van der Waals surface area contributed by atoms with E-state index in [1.54, 1.807) is 25.7 Å². The van der Waals surface area contributed by atoms with Crippen LogP contribution in [-0.4, -0.2) is 41.0 Å². The van der Waals surface area contributed by atoms with Gasteiger partial charge in [-0.25, -0.2) is 4.79 Å². The van der Waals surface area contributed by atoms with Crippen LogP contribution < -0.4 is 10.6 Å². The first kappa shape index (κ1) is 31.9. The van der Waals surface area contributed by atoms with E-state index in [0.29, 0.717) is 12.2 Å². The Bertz CT molecular complexity index is 1110. The number of hydrogen-bond donors (Lipinski definition) is 2. The molecule has 2 N–H and O–H groups in total. The maximum atomic E-state index is 14.3. The van der Waals surface area contributed by atoms with E-state index in [1.807, 2.05) is 76.2 Å². The molecule has 0 heterocycles. The van der Waals surface area contributed by atoms with Gasteiger partial charge in [0.1, 0.15) is 17.7 Å². The summed E-state index contributed by atoms with van der Waals surface area (Å²) in [6.45, 7) is 15.5. The van der Waals surface area contributed by atoms with Gasteiger partial charge in [0, 0.05) is 12.2 Å². The molecule has 2 aromatic carbocycles. The predicted octanol–water partition coefficient (Wildman–Crippen LogP) is 6.94. The molecule has 0 aliphatic heterocycles. The first-order valence-corrected chi connectivity index (χ1v) is 14.1. The van der Waals surface area contributed by atoms with Gasteiger partial charge in [-0.05, 0) is 69.7 Å². The number of nitrogens with one attached hydrogen (secondary N) is 2. The topological polar surface area (TPSA) is 87.7 Å². The van der Waals surface area contributed by atoms with E-state index >= 15 is 0 Å². The molecule has 0 fully saturated rings. The highest BCUT2D eigenvalue weighted by Gasteiger charge is 2.38. The molecule has 3 amide bonds. The van der Waals surface area contributed by atoms with Gasteiger partial charge < -0.3 is 20.3 Å². The van der Waals surface area contributed by atoms with Crippen molar-refractivity contribution < 1.29 is 19.1 Å². The summed E-state index contributed by atoms with van der Waals surface area (Å²) in [5, 5.41) is 5.86. The normalized spacial score (nSPS) is 12.9. The molecule has 0 aliphatic carbocycles. The average Bonchev–Trinajstić information content (AvgIpc) is 2.85. The van der Waals surface area contributed by atoms with E-state index in [0.717, 1.165) is 42.4 Å². The van der Waals surface area contributed by atoms with Crippen molar-refractivity contribution >= 4 is 23.6 Å². The summed E-state index contributed by atoms with van der Waals surface area (Å²) in [6, 6.07) is 13.5. The van der Waals surface area contributed by atoms with E-state index in [2.05, 4.69) is 17.6 Å². The Balaban J connectivity index is 2.54. The Morgan fingerprint density at radius 2 is 1.51 bits per heavy atom. The third kappa shape index (κ3) is 9.72. The molecule has 7 heteroatoms. The first-order valence-electron chi connectivity index (χ1n) is 14.1. The SMILES string of the molecule is CCCCCCN(C(=O)C(NC(=O)OC(C)(C)C)C(C)C)C(C(=O)Nc1ccccc1C)c1ccccc1C. The van der Waals surface area contributed by atoms with E-state index in [4.69, 9.17) is 4.74 Å². The molecule has 2 aromatic rings. The van der Waals surface area contributed by atoms with Crippen molar-refractivity contribution in [1.29, 1.82) is 0 Å². The minimum absolute atomic E-state index is 0.222. The Kier molecular flexibility index (Phi) is 12.0. The van der Waals surface area contributed by atoms with Gasteiger partial charge in [0.2, 0.25) is 5.91 Å². The van der Waals surface area contributed by atoms with Crippen LogP contribution in [0.4, 0.5) is 10.5 Å². The fourth-order valence-electron chi connectivity index (χ4n) is 4.46. The van der Waals surface area contributed by atoms with Gasteiger partial charge in [0.25, 0.3) is 5.91 Å². The Labute approximate surface area is 234 Å². The second kappa shape index (κ2) is 14.7. The number of unbranched alkanes of at least 4 members (excludes halogenated alkanes) is 3. The fourth-order valence-corrected chi connectivity index (χ4v) is 4.46. The number of carbonyl (C=O) groups is 3. The van der Waals surface area contributed by atoms with Gasteiger partial charge >= 0.3 is 6.09 Å². The zero-order chi connectivity index (χ0) is 29.2. The molecule has 0 bridgehead atoms. The molecule has 214 valence electrons.